The molecule has 1 atom stereocenters. The van der Waals surface area contributed by atoms with Gasteiger partial charge in [0, 0.05) is 23.2 Å². The van der Waals surface area contributed by atoms with E-state index >= 15 is 0 Å². The Morgan fingerprint density at radius 3 is 2.37 bits per heavy atom. The first-order chi connectivity index (χ1) is 14.6. The van der Waals surface area contributed by atoms with Crippen LogP contribution in [-0.4, -0.2) is 7.11 Å². The smallest absolute Gasteiger partial charge is 0.180 e. The third-order valence-electron chi connectivity index (χ3n) is 4.95. The lowest BCUT2D eigenvalue weighted by Gasteiger charge is -2.20. The summed E-state index contributed by atoms with van der Waals surface area (Å²) in [5.74, 6) is 1.13. The first-order valence-corrected chi connectivity index (χ1v) is 10.9. The van der Waals surface area contributed by atoms with E-state index in [4.69, 9.17) is 32.7 Å². The van der Waals surface area contributed by atoms with Gasteiger partial charge in [0.05, 0.1) is 12.1 Å². The molecule has 0 bridgehead atoms. The van der Waals surface area contributed by atoms with Gasteiger partial charge in [0.2, 0.25) is 0 Å². The number of hydrogen-bond acceptors (Lipinski definition) is 3. The number of methoxy groups -OCH3 is 1. The number of benzene rings is 3. The Balaban J connectivity index is 1.72. The van der Waals surface area contributed by atoms with Crippen LogP contribution in [-0.2, 0) is 13.2 Å². The van der Waals surface area contributed by atoms with E-state index in [2.05, 4.69) is 36.5 Å². The highest BCUT2D eigenvalue weighted by molar-refractivity contribution is 6.32. The molecule has 0 aliphatic heterocycles. The highest BCUT2D eigenvalue weighted by Crippen LogP contribution is 2.37. The fourth-order valence-electron chi connectivity index (χ4n) is 3.38. The summed E-state index contributed by atoms with van der Waals surface area (Å²) in [7, 11) is 1.62. The van der Waals surface area contributed by atoms with Crippen molar-refractivity contribution in [1.82, 2.24) is 5.32 Å². The van der Waals surface area contributed by atoms with Crippen LogP contribution in [0.4, 0.5) is 0 Å². The SMILES string of the molecule is CCC[C@@H](NCc1cc(Cl)c(OCc2ccccc2Cl)c(OC)c1)c1ccccc1. The minimum atomic E-state index is 0.289. The van der Waals surface area contributed by atoms with Crippen molar-refractivity contribution in [2.45, 2.75) is 39.0 Å². The Bertz CT molecular complexity index is 947. The minimum Gasteiger partial charge on any atom is -0.493 e. The van der Waals surface area contributed by atoms with Gasteiger partial charge in [-0.25, -0.2) is 0 Å². The van der Waals surface area contributed by atoms with Crippen molar-refractivity contribution in [2.24, 2.45) is 0 Å². The maximum Gasteiger partial charge on any atom is 0.180 e. The van der Waals surface area contributed by atoms with Gasteiger partial charge in [-0.1, -0.05) is 85.1 Å². The maximum absolute atomic E-state index is 6.55. The Morgan fingerprint density at radius 2 is 1.67 bits per heavy atom. The summed E-state index contributed by atoms with van der Waals surface area (Å²) in [5.41, 5.74) is 3.23. The lowest BCUT2D eigenvalue weighted by atomic mass is 10.0. The van der Waals surface area contributed by atoms with Gasteiger partial charge in [0.25, 0.3) is 0 Å². The zero-order valence-corrected chi connectivity index (χ0v) is 18.8. The second kappa shape index (κ2) is 11.3. The molecular formula is C25H27Cl2NO2. The van der Waals surface area contributed by atoms with Gasteiger partial charge in [-0.3, -0.25) is 0 Å². The second-order valence-electron chi connectivity index (χ2n) is 7.12. The summed E-state index contributed by atoms with van der Waals surface area (Å²) in [5, 5.41) is 4.83. The molecule has 0 amide bonds. The fourth-order valence-corrected chi connectivity index (χ4v) is 3.86. The number of ether oxygens (including phenoxy) is 2. The Kier molecular flexibility index (Phi) is 8.44. The molecule has 0 saturated carbocycles. The molecule has 0 saturated heterocycles. The lowest BCUT2D eigenvalue weighted by molar-refractivity contribution is 0.284. The van der Waals surface area contributed by atoms with E-state index < -0.39 is 0 Å². The van der Waals surface area contributed by atoms with Gasteiger partial charge in [0.1, 0.15) is 6.61 Å². The van der Waals surface area contributed by atoms with E-state index in [1.165, 1.54) is 5.56 Å². The molecule has 0 heterocycles. The van der Waals surface area contributed by atoms with Crippen LogP contribution in [0.3, 0.4) is 0 Å². The summed E-state index contributed by atoms with van der Waals surface area (Å²) in [6.07, 6.45) is 2.17. The normalized spacial score (nSPS) is 11.9. The number of rotatable bonds is 10. The summed E-state index contributed by atoms with van der Waals surface area (Å²) in [6, 6.07) is 22.3. The van der Waals surface area contributed by atoms with Gasteiger partial charge in [-0.05, 0) is 35.7 Å². The molecule has 3 nitrogen and oxygen atoms in total. The van der Waals surface area contributed by atoms with E-state index in [1.807, 2.05) is 42.5 Å². The van der Waals surface area contributed by atoms with Gasteiger partial charge in [0.15, 0.2) is 11.5 Å². The summed E-state index contributed by atoms with van der Waals surface area (Å²) in [4.78, 5) is 0. The van der Waals surface area contributed by atoms with Crippen molar-refractivity contribution in [3.63, 3.8) is 0 Å². The third-order valence-corrected chi connectivity index (χ3v) is 5.60. The predicted octanol–water partition coefficient (Wildman–Crippen LogP) is 7.21. The molecule has 3 aromatic carbocycles. The zero-order chi connectivity index (χ0) is 21.3. The van der Waals surface area contributed by atoms with Crippen LogP contribution in [0.15, 0.2) is 66.7 Å². The molecule has 5 heteroatoms. The van der Waals surface area contributed by atoms with E-state index in [9.17, 15) is 0 Å². The highest BCUT2D eigenvalue weighted by Gasteiger charge is 2.15. The maximum atomic E-state index is 6.55. The first kappa shape index (κ1) is 22.5. The Morgan fingerprint density at radius 1 is 0.933 bits per heavy atom. The Hall–Kier alpha value is -2.20. The van der Waals surface area contributed by atoms with E-state index in [0.717, 1.165) is 24.0 Å². The van der Waals surface area contributed by atoms with Crippen LogP contribution in [0.5, 0.6) is 11.5 Å². The first-order valence-electron chi connectivity index (χ1n) is 10.1. The molecule has 3 rings (SSSR count). The number of hydrogen-bond donors (Lipinski definition) is 1. The molecule has 0 aliphatic carbocycles. The summed E-state index contributed by atoms with van der Waals surface area (Å²) < 4.78 is 11.5. The van der Waals surface area contributed by atoms with Crippen molar-refractivity contribution < 1.29 is 9.47 Å². The van der Waals surface area contributed by atoms with Crippen molar-refractivity contribution >= 4 is 23.2 Å². The molecule has 158 valence electrons. The van der Waals surface area contributed by atoms with Gasteiger partial charge >= 0.3 is 0 Å². The minimum absolute atomic E-state index is 0.289. The van der Waals surface area contributed by atoms with Crippen LogP contribution < -0.4 is 14.8 Å². The molecule has 0 fully saturated rings. The molecule has 1 N–H and O–H groups in total. The fraction of sp³-hybridized carbons (Fsp3) is 0.280. The average molecular weight is 444 g/mol. The molecule has 0 aliphatic rings. The Labute approximate surface area is 188 Å². The summed E-state index contributed by atoms with van der Waals surface area (Å²) in [6.45, 7) is 3.20. The molecule has 3 aromatic rings. The molecular weight excluding hydrogens is 417 g/mol. The van der Waals surface area contributed by atoms with Crippen LogP contribution >= 0.6 is 23.2 Å². The van der Waals surface area contributed by atoms with Crippen molar-refractivity contribution in [1.29, 1.82) is 0 Å². The molecule has 0 radical (unpaired) electrons. The van der Waals surface area contributed by atoms with Gasteiger partial charge in [-0.15, -0.1) is 0 Å². The standard InChI is InChI=1S/C25H27Cl2NO2/c1-3-9-23(19-10-5-4-6-11-19)28-16-18-14-22(27)25(24(15-18)29-2)30-17-20-12-7-8-13-21(20)26/h4-8,10-15,23,28H,3,9,16-17H2,1-2H3/t23-/m1/s1. The highest BCUT2D eigenvalue weighted by atomic mass is 35.5. The van der Waals surface area contributed by atoms with E-state index in [-0.39, 0.29) is 6.04 Å². The van der Waals surface area contributed by atoms with Crippen molar-refractivity contribution in [3.05, 3.63) is 93.5 Å². The summed E-state index contributed by atoms with van der Waals surface area (Å²) >= 11 is 12.8. The van der Waals surface area contributed by atoms with Crippen LogP contribution in [0.25, 0.3) is 0 Å². The largest absolute Gasteiger partial charge is 0.493 e. The predicted molar refractivity (Wildman–Crippen MR) is 125 cm³/mol. The van der Waals surface area contributed by atoms with Crippen LogP contribution in [0, 0.1) is 0 Å². The monoisotopic (exact) mass is 443 g/mol. The molecule has 30 heavy (non-hydrogen) atoms. The van der Waals surface area contributed by atoms with Crippen molar-refractivity contribution in [3.8, 4) is 11.5 Å². The lowest BCUT2D eigenvalue weighted by Crippen LogP contribution is -2.20. The van der Waals surface area contributed by atoms with Crippen molar-refractivity contribution in [2.75, 3.05) is 7.11 Å². The van der Waals surface area contributed by atoms with Crippen LogP contribution in [0.2, 0.25) is 10.0 Å². The van der Waals surface area contributed by atoms with Gasteiger partial charge < -0.3 is 14.8 Å². The number of halogens is 2. The molecule has 0 aromatic heterocycles. The molecule has 0 unspecified atom stereocenters. The zero-order valence-electron chi connectivity index (χ0n) is 17.3. The molecule has 0 spiro atoms. The van der Waals surface area contributed by atoms with Crippen LogP contribution in [0.1, 0.15) is 42.5 Å². The average Bonchev–Trinajstić information content (AvgIpc) is 2.77. The second-order valence-corrected chi connectivity index (χ2v) is 7.94. The number of nitrogens with one attached hydrogen (secondary N) is 1. The third kappa shape index (κ3) is 5.91. The van der Waals surface area contributed by atoms with Gasteiger partial charge in [-0.2, -0.15) is 0 Å². The topological polar surface area (TPSA) is 30.5 Å². The van der Waals surface area contributed by atoms with E-state index in [1.54, 1.807) is 7.11 Å². The van der Waals surface area contributed by atoms with E-state index in [0.29, 0.717) is 34.7 Å². The quantitative estimate of drug-likeness (QED) is 0.358.